The van der Waals surface area contributed by atoms with E-state index in [4.69, 9.17) is 13.1 Å². The van der Waals surface area contributed by atoms with E-state index in [1.807, 2.05) is 42.1 Å². The SMILES string of the molecule is SC(I)I.SI.[C-]#[N+]c1cnc(N(C)CCCC2CCN(C)CC2)nc1C.[C-]#[N+]c1cnc(NCCCC2CCN(C)CC2)nc1C. The van der Waals surface area contributed by atoms with Crippen molar-refractivity contribution in [3.8, 4) is 0 Å². The molecule has 2 aliphatic rings. The van der Waals surface area contributed by atoms with Gasteiger partial charge < -0.3 is 20.0 Å². The average molecular weight is 1020 g/mol. The number of rotatable bonds is 10. The summed E-state index contributed by atoms with van der Waals surface area (Å²) in [5.41, 5.74) is 2.57. The highest BCUT2D eigenvalue weighted by Crippen LogP contribution is 2.23. The Morgan fingerprint density at radius 2 is 1.32 bits per heavy atom. The van der Waals surface area contributed by atoms with Gasteiger partial charge in [0.15, 0.2) is 0 Å². The lowest BCUT2D eigenvalue weighted by atomic mass is 9.92. The fourth-order valence-corrected chi connectivity index (χ4v) is 5.41. The molecule has 0 aliphatic carbocycles. The number of alkyl halides is 2. The fraction of sp³-hybridized carbons (Fsp3) is 0.688. The second-order valence-corrected chi connectivity index (χ2v) is 19.3. The number of aromatic nitrogens is 4. The van der Waals surface area contributed by atoms with Gasteiger partial charge in [-0.15, -0.1) is 9.80 Å². The van der Waals surface area contributed by atoms with Gasteiger partial charge in [0.05, 0.1) is 13.1 Å². The maximum atomic E-state index is 7.03. The van der Waals surface area contributed by atoms with E-state index in [2.05, 4.69) is 131 Å². The Morgan fingerprint density at radius 3 is 1.77 bits per heavy atom. The van der Waals surface area contributed by atoms with Crippen molar-refractivity contribution in [3.63, 3.8) is 0 Å². The number of anilines is 2. The summed E-state index contributed by atoms with van der Waals surface area (Å²) in [7, 11) is 9.93. The van der Waals surface area contributed by atoms with Crippen LogP contribution in [-0.2, 0) is 0 Å². The normalized spacial score (nSPS) is 15.5. The molecule has 262 valence electrons. The predicted molar refractivity (Wildman–Crippen MR) is 231 cm³/mol. The molecule has 15 heteroatoms. The topological polar surface area (TPSA) is 82.0 Å². The van der Waals surface area contributed by atoms with Crippen molar-refractivity contribution in [1.82, 2.24) is 29.7 Å². The molecule has 2 aromatic rings. The molecule has 0 atom stereocenters. The maximum Gasteiger partial charge on any atom is 0.225 e. The second-order valence-electron chi connectivity index (χ2n) is 11.9. The standard InChI is InChI=1S/C16H25N5.C15H23N5.CH2I2S.HIS/c1-13-15(17-2)12-18-16(19-13)21(4)9-5-6-14-7-10-20(3)11-8-14;1-12-14(16-2)11-18-15(19-12)17-8-4-5-13-6-9-20(3)10-7-13;2-1(3)4;1-2/h12,14H,5-11H2,1,3-4H3;11,13H,4-10H2,1,3H3,(H,17,18,19);1,4H;2H. The molecular formula is C32H51I3N10S2. The van der Waals surface area contributed by atoms with E-state index < -0.39 is 0 Å². The summed E-state index contributed by atoms with van der Waals surface area (Å²) in [6.07, 6.45) is 13.4. The summed E-state index contributed by atoms with van der Waals surface area (Å²) in [5.74, 6) is 3.11. The van der Waals surface area contributed by atoms with E-state index in [1.54, 1.807) is 12.4 Å². The van der Waals surface area contributed by atoms with E-state index in [0.717, 1.165) is 48.7 Å². The van der Waals surface area contributed by atoms with Gasteiger partial charge in [-0.05, 0) is 139 Å². The summed E-state index contributed by atoms with van der Waals surface area (Å²) < 4.78 is 0.468. The van der Waals surface area contributed by atoms with Gasteiger partial charge >= 0.3 is 0 Å². The molecule has 1 N–H and O–H groups in total. The van der Waals surface area contributed by atoms with Gasteiger partial charge in [-0.3, -0.25) is 0 Å². The minimum absolute atomic E-state index is 0.468. The lowest BCUT2D eigenvalue weighted by Gasteiger charge is -2.29. The summed E-state index contributed by atoms with van der Waals surface area (Å²) in [6, 6.07) is 0. The third-order valence-electron chi connectivity index (χ3n) is 8.33. The molecule has 0 spiro atoms. The quantitative estimate of drug-likeness (QED) is 0.0716. The van der Waals surface area contributed by atoms with E-state index in [-0.39, 0.29) is 0 Å². The number of hydrogen-bond acceptors (Lipinski definition) is 10. The molecule has 47 heavy (non-hydrogen) atoms. The van der Waals surface area contributed by atoms with Crippen LogP contribution < -0.4 is 10.2 Å². The molecule has 2 aromatic heterocycles. The lowest BCUT2D eigenvalue weighted by Crippen LogP contribution is -2.30. The van der Waals surface area contributed by atoms with E-state index >= 15 is 0 Å². The van der Waals surface area contributed by atoms with Crippen LogP contribution in [0.1, 0.15) is 62.8 Å². The van der Waals surface area contributed by atoms with Crippen LogP contribution in [0, 0.1) is 38.8 Å². The number of likely N-dealkylation sites (tertiary alicyclic amines) is 2. The zero-order valence-electron chi connectivity index (χ0n) is 28.3. The Kier molecular flexibility index (Phi) is 25.0. The van der Waals surface area contributed by atoms with Gasteiger partial charge in [0.1, 0.15) is 1.26 Å². The van der Waals surface area contributed by atoms with Crippen LogP contribution in [-0.4, -0.2) is 91.4 Å². The largest absolute Gasteiger partial charge is 0.354 e. The average Bonchev–Trinajstić information content (AvgIpc) is 3.06. The molecule has 2 fully saturated rings. The third kappa shape index (κ3) is 19.5. The second kappa shape index (κ2) is 26.4. The van der Waals surface area contributed by atoms with Gasteiger partial charge in [-0.2, -0.15) is 12.6 Å². The molecule has 0 radical (unpaired) electrons. The number of halogens is 3. The van der Waals surface area contributed by atoms with Crippen LogP contribution in [0.2, 0.25) is 0 Å². The van der Waals surface area contributed by atoms with Crippen molar-refractivity contribution in [2.24, 2.45) is 11.8 Å². The Bertz CT molecular complexity index is 1230. The molecule has 0 bridgehead atoms. The number of nitrogens with zero attached hydrogens (tertiary/aromatic N) is 9. The van der Waals surface area contributed by atoms with E-state index in [9.17, 15) is 0 Å². The van der Waals surface area contributed by atoms with Crippen molar-refractivity contribution < 1.29 is 0 Å². The first-order chi connectivity index (χ1) is 22.5. The van der Waals surface area contributed by atoms with E-state index in [1.165, 1.54) is 71.1 Å². The van der Waals surface area contributed by atoms with Crippen molar-refractivity contribution >= 4 is 112 Å². The number of nitrogens with one attached hydrogen (secondary N) is 1. The number of hydrogen-bond donors (Lipinski definition) is 3. The van der Waals surface area contributed by atoms with Crippen LogP contribution in [0.5, 0.6) is 0 Å². The lowest BCUT2D eigenvalue weighted by molar-refractivity contribution is 0.211. The molecule has 4 heterocycles. The monoisotopic (exact) mass is 1020 g/mol. The smallest absolute Gasteiger partial charge is 0.225 e. The first kappa shape index (κ1) is 44.6. The number of piperidine rings is 2. The molecule has 2 saturated heterocycles. The maximum absolute atomic E-state index is 7.03. The minimum atomic E-state index is 0.468. The molecule has 0 amide bonds. The predicted octanol–water partition coefficient (Wildman–Crippen LogP) is 9.10. The molecule has 2 aliphatic heterocycles. The summed E-state index contributed by atoms with van der Waals surface area (Å²) in [5, 5.41) is 3.25. The van der Waals surface area contributed by atoms with Gasteiger partial charge in [-0.1, -0.05) is 45.2 Å². The Balaban J connectivity index is 0.000000403. The molecule has 0 aromatic carbocycles. The van der Waals surface area contributed by atoms with Gasteiger partial charge in [0.2, 0.25) is 23.3 Å². The fourth-order valence-electron chi connectivity index (χ4n) is 5.41. The first-order valence-corrected chi connectivity index (χ1v) is 22.1. The summed E-state index contributed by atoms with van der Waals surface area (Å²) >= 11 is 10.2. The van der Waals surface area contributed by atoms with Crippen molar-refractivity contribution in [3.05, 3.63) is 46.6 Å². The van der Waals surface area contributed by atoms with Crippen molar-refractivity contribution in [2.75, 3.05) is 70.6 Å². The Labute approximate surface area is 334 Å². The van der Waals surface area contributed by atoms with Crippen molar-refractivity contribution in [1.29, 1.82) is 0 Å². The molecule has 10 nitrogen and oxygen atoms in total. The molecule has 4 rings (SSSR count). The van der Waals surface area contributed by atoms with Gasteiger partial charge in [0, 0.05) is 43.9 Å². The highest BCUT2D eigenvalue weighted by Gasteiger charge is 2.17. The van der Waals surface area contributed by atoms with Crippen LogP contribution in [0.25, 0.3) is 9.69 Å². The minimum Gasteiger partial charge on any atom is -0.354 e. The first-order valence-electron chi connectivity index (χ1n) is 15.9. The van der Waals surface area contributed by atoms with Crippen molar-refractivity contribution in [2.45, 2.75) is 66.5 Å². The van der Waals surface area contributed by atoms with Crippen LogP contribution >= 0.6 is 88.8 Å². The Hall–Kier alpha value is -0.450. The van der Waals surface area contributed by atoms with Gasteiger partial charge in [0.25, 0.3) is 0 Å². The van der Waals surface area contributed by atoms with E-state index in [0.29, 0.717) is 18.6 Å². The highest BCUT2D eigenvalue weighted by atomic mass is 127. The van der Waals surface area contributed by atoms with Crippen LogP contribution in [0.3, 0.4) is 0 Å². The summed E-state index contributed by atoms with van der Waals surface area (Å²) in [4.78, 5) is 30.8. The number of thiol groups is 2. The number of aryl methyl sites for hydroxylation is 2. The highest BCUT2D eigenvalue weighted by molar-refractivity contribution is 14.2. The summed E-state index contributed by atoms with van der Waals surface area (Å²) in [6.45, 7) is 24.5. The zero-order chi connectivity index (χ0) is 35.2. The molecule has 0 unspecified atom stereocenters. The van der Waals surface area contributed by atoms with Crippen LogP contribution in [0.15, 0.2) is 12.4 Å². The zero-order valence-corrected chi connectivity index (χ0v) is 36.6. The third-order valence-corrected chi connectivity index (χ3v) is 8.33. The van der Waals surface area contributed by atoms with Gasteiger partial charge in [-0.25, -0.2) is 29.6 Å². The Morgan fingerprint density at radius 1 is 0.872 bits per heavy atom. The molecule has 0 saturated carbocycles. The van der Waals surface area contributed by atoms with Crippen LogP contribution in [0.4, 0.5) is 23.3 Å². The molecular weight excluding hydrogens is 969 g/mol.